The second-order valence-electron chi connectivity index (χ2n) is 19.2. The number of nitrogens with zero attached hydrogens (tertiary/aromatic N) is 6. The van der Waals surface area contributed by atoms with Crippen molar-refractivity contribution in [2.24, 2.45) is 0 Å². The van der Waals surface area contributed by atoms with Crippen LogP contribution in [0.2, 0.25) is 0 Å². The Balaban J connectivity index is 0.862. The number of nitro benzene ring substituents is 2. The highest BCUT2D eigenvalue weighted by molar-refractivity contribution is 5.75. The van der Waals surface area contributed by atoms with E-state index in [0.717, 1.165) is 11.4 Å². The van der Waals surface area contributed by atoms with E-state index in [9.17, 15) is 20.2 Å². The van der Waals surface area contributed by atoms with Crippen molar-refractivity contribution in [3.63, 3.8) is 0 Å². The molecule has 9 rings (SSSR count). The summed E-state index contributed by atoms with van der Waals surface area (Å²) in [7, 11) is 4.06. The molecule has 1 fully saturated rings. The van der Waals surface area contributed by atoms with Crippen LogP contribution in [0.25, 0.3) is 12.2 Å². The molecule has 4 aromatic carbocycles. The molecule has 16 heteroatoms. The molecule has 2 atom stereocenters. The van der Waals surface area contributed by atoms with Crippen molar-refractivity contribution in [2.75, 3.05) is 103 Å². The number of rotatable bonds is 6. The smallest absolute Gasteiger partial charge is 0.270 e. The van der Waals surface area contributed by atoms with Crippen LogP contribution in [0.4, 0.5) is 22.7 Å². The predicted octanol–water partition coefficient (Wildman–Crippen LogP) is 7.95. The Morgan fingerprint density at radius 3 is 1.22 bits per heavy atom. The molecule has 0 aliphatic carbocycles. The highest BCUT2D eigenvalue weighted by Crippen LogP contribution is 2.56. The Morgan fingerprint density at radius 1 is 0.529 bits per heavy atom. The average Bonchev–Trinajstić information content (AvgIpc) is 3.59. The van der Waals surface area contributed by atoms with Crippen molar-refractivity contribution in [2.45, 2.75) is 63.1 Å². The standard InChI is InChI=1S/C52H62N6O10/c1-49(2)43-11-7-9-13-45(43)53(5)51(49)17-15-37-31-41(57(59)60)33-39(47(37)67-51)35-55-19-23-63-27-29-65-25-21-56(22-26-66-30-28-64-24-20-55)36-40-34-42(58(61)62)32-38-16-18-52(68-48(38)40)50(3,4)44-12-8-10-14-46(44)54(52)6/h7-18,31-34H,19-30,35-36H2,1-6H3. The molecule has 4 aromatic rings. The molecular formula is C52H62N6O10. The highest BCUT2D eigenvalue weighted by atomic mass is 16.6. The van der Waals surface area contributed by atoms with Crippen molar-refractivity contribution in [1.82, 2.24) is 9.80 Å². The van der Waals surface area contributed by atoms with Crippen LogP contribution in [0.3, 0.4) is 0 Å². The van der Waals surface area contributed by atoms with Crippen LogP contribution in [0.1, 0.15) is 61.1 Å². The number of anilines is 2. The van der Waals surface area contributed by atoms with Gasteiger partial charge < -0.3 is 38.2 Å². The average molecular weight is 931 g/mol. The summed E-state index contributed by atoms with van der Waals surface area (Å²) >= 11 is 0. The van der Waals surface area contributed by atoms with Crippen molar-refractivity contribution >= 4 is 34.9 Å². The van der Waals surface area contributed by atoms with Gasteiger partial charge in [-0.05, 0) is 75.3 Å². The number of fused-ring (bicyclic) bond motifs is 4. The van der Waals surface area contributed by atoms with E-state index >= 15 is 0 Å². The lowest BCUT2D eigenvalue weighted by molar-refractivity contribution is -0.385. The first kappa shape index (κ1) is 47.2. The molecule has 0 radical (unpaired) electrons. The maximum absolute atomic E-state index is 12.2. The molecule has 5 heterocycles. The Labute approximate surface area is 397 Å². The summed E-state index contributed by atoms with van der Waals surface area (Å²) in [6, 6.07) is 23.0. The van der Waals surface area contributed by atoms with Crippen molar-refractivity contribution in [1.29, 1.82) is 0 Å². The van der Waals surface area contributed by atoms with Crippen LogP contribution < -0.4 is 19.3 Å². The van der Waals surface area contributed by atoms with Gasteiger partial charge >= 0.3 is 0 Å². The minimum absolute atomic E-state index is 0.00244. The Morgan fingerprint density at radius 2 is 0.882 bits per heavy atom. The summed E-state index contributed by atoms with van der Waals surface area (Å²) in [6.07, 6.45) is 7.98. The van der Waals surface area contributed by atoms with Gasteiger partial charge in [-0.25, -0.2) is 0 Å². The molecule has 5 aliphatic heterocycles. The fraction of sp³-hybridized carbons (Fsp3) is 0.462. The van der Waals surface area contributed by atoms with Crippen molar-refractivity contribution in [3.05, 3.63) is 139 Å². The van der Waals surface area contributed by atoms with Gasteiger partial charge in [0.1, 0.15) is 11.5 Å². The minimum Gasteiger partial charge on any atom is -0.462 e. The first-order valence-corrected chi connectivity index (χ1v) is 23.5. The Hall–Kier alpha value is -5.88. The molecular weight excluding hydrogens is 869 g/mol. The summed E-state index contributed by atoms with van der Waals surface area (Å²) in [5.74, 6) is 1.25. The zero-order chi connectivity index (χ0) is 47.8. The third-order valence-electron chi connectivity index (χ3n) is 14.7. The molecule has 5 aliphatic rings. The van der Waals surface area contributed by atoms with E-state index in [0.29, 0.717) is 126 Å². The van der Waals surface area contributed by atoms with Gasteiger partial charge in [-0.15, -0.1) is 0 Å². The SMILES string of the molecule is CN1c2ccccc2C(C)(C)C12C=Cc1cc([N+](=O)[O-])cc(CN3CCOCCOCCN(Cc4cc([N+](=O)[O-])cc5c4OC4(C=C5)N(C)c5ccccc5C4(C)C)CCOCCOCC3)c1O2. The molecule has 0 saturated carbocycles. The number of hydrogen-bond donors (Lipinski definition) is 0. The van der Waals surface area contributed by atoms with E-state index in [1.165, 1.54) is 11.1 Å². The van der Waals surface area contributed by atoms with Gasteiger partial charge in [0.25, 0.3) is 11.4 Å². The molecule has 68 heavy (non-hydrogen) atoms. The van der Waals surface area contributed by atoms with E-state index in [2.05, 4.69) is 71.6 Å². The number of likely N-dealkylation sites (N-methyl/N-ethyl adjacent to an activating group) is 2. The summed E-state index contributed by atoms with van der Waals surface area (Å²) < 4.78 is 38.6. The van der Waals surface area contributed by atoms with Crippen LogP contribution in [-0.4, -0.2) is 124 Å². The Kier molecular flexibility index (Phi) is 13.1. The normalized spacial score (nSPS) is 24.0. The van der Waals surface area contributed by atoms with Gasteiger partial charge in [-0.3, -0.25) is 30.0 Å². The lowest BCUT2D eigenvalue weighted by Crippen LogP contribution is -2.58. The number of para-hydroxylation sites is 2. The number of non-ortho nitro benzene ring substituents is 2. The van der Waals surface area contributed by atoms with E-state index in [4.69, 9.17) is 28.4 Å². The van der Waals surface area contributed by atoms with Gasteiger partial charge in [-0.1, -0.05) is 36.4 Å². The molecule has 0 bridgehead atoms. The monoisotopic (exact) mass is 930 g/mol. The first-order valence-electron chi connectivity index (χ1n) is 23.5. The fourth-order valence-corrected chi connectivity index (χ4v) is 10.8. The fourth-order valence-electron chi connectivity index (χ4n) is 10.8. The third-order valence-corrected chi connectivity index (χ3v) is 14.7. The lowest BCUT2D eigenvalue weighted by atomic mass is 9.76. The molecule has 0 amide bonds. The first-order chi connectivity index (χ1) is 32.7. The third kappa shape index (κ3) is 8.40. The largest absolute Gasteiger partial charge is 0.462 e. The zero-order valence-electron chi connectivity index (χ0n) is 39.9. The molecule has 360 valence electrons. The van der Waals surface area contributed by atoms with E-state index in [1.807, 2.05) is 62.7 Å². The number of nitro groups is 2. The van der Waals surface area contributed by atoms with Crippen LogP contribution in [0.5, 0.6) is 11.5 Å². The topological polar surface area (TPSA) is 155 Å². The molecule has 0 N–H and O–H groups in total. The quantitative estimate of drug-likeness (QED) is 0.136. The van der Waals surface area contributed by atoms with E-state index < -0.39 is 22.3 Å². The van der Waals surface area contributed by atoms with Gasteiger partial charge in [0.05, 0.1) is 73.5 Å². The number of benzene rings is 4. The molecule has 16 nitrogen and oxygen atoms in total. The summed E-state index contributed by atoms with van der Waals surface area (Å²) in [6.45, 7) is 14.6. The van der Waals surface area contributed by atoms with Crippen molar-refractivity contribution < 1.29 is 38.3 Å². The molecule has 0 aromatic heterocycles. The summed E-state index contributed by atoms with van der Waals surface area (Å²) in [5, 5.41) is 24.4. The highest BCUT2D eigenvalue weighted by Gasteiger charge is 2.59. The van der Waals surface area contributed by atoms with Gasteiger partial charge in [0.15, 0.2) is 0 Å². The van der Waals surface area contributed by atoms with Gasteiger partial charge in [0, 0.05) is 111 Å². The van der Waals surface area contributed by atoms with Gasteiger partial charge in [-0.2, -0.15) is 0 Å². The maximum atomic E-state index is 12.2. The lowest BCUT2D eigenvalue weighted by Gasteiger charge is -2.46. The predicted molar refractivity (Wildman–Crippen MR) is 261 cm³/mol. The molecule has 2 unspecified atom stereocenters. The second-order valence-corrected chi connectivity index (χ2v) is 19.2. The summed E-state index contributed by atoms with van der Waals surface area (Å²) in [4.78, 5) is 32.4. The van der Waals surface area contributed by atoms with E-state index in [-0.39, 0.29) is 21.2 Å². The number of ether oxygens (including phenoxy) is 6. The summed E-state index contributed by atoms with van der Waals surface area (Å²) in [5.41, 5.74) is 4.68. The van der Waals surface area contributed by atoms with Gasteiger partial charge in [0.2, 0.25) is 11.4 Å². The van der Waals surface area contributed by atoms with Crippen LogP contribution in [0, 0.1) is 20.2 Å². The maximum Gasteiger partial charge on any atom is 0.270 e. The Bertz CT molecular complexity index is 2420. The number of hydrogen-bond acceptors (Lipinski definition) is 14. The molecule has 2 spiro atoms. The van der Waals surface area contributed by atoms with Crippen LogP contribution in [0.15, 0.2) is 84.9 Å². The molecule has 1 saturated heterocycles. The van der Waals surface area contributed by atoms with Crippen LogP contribution >= 0.6 is 0 Å². The van der Waals surface area contributed by atoms with Crippen molar-refractivity contribution in [3.8, 4) is 11.5 Å². The zero-order valence-corrected chi connectivity index (χ0v) is 39.9. The second kappa shape index (κ2) is 18.9. The van der Waals surface area contributed by atoms with E-state index in [1.54, 1.807) is 24.3 Å². The van der Waals surface area contributed by atoms with Crippen LogP contribution in [-0.2, 0) is 42.9 Å². The minimum atomic E-state index is -0.847.